The van der Waals surface area contributed by atoms with E-state index in [1.54, 1.807) is 11.8 Å². The molecule has 0 spiro atoms. The highest BCUT2D eigenvalue weighted by molar-refractivity contribution is 5.96. The monoisotopic (exact) mass is 260 g/mol. The van der Waals surface area contributed by atoms with Crippen molar-refractivity contribution in [3.63, 3.8) is 0 Å². The number of hydrogen-bond acceptors (Lipinski definition) is 3. The minimum absolute atomic E-state index is 0.0203. The van der Waals surface area contributed by atoms with Gasteiger partial charge in [-0.15, -0.1) is 6.42 Å². The standard InChI is InChI=1S/C14H16N2O3/c1-4-8-15(9-5-2)14(17)13-7-6-12(16(18)19)10-11(13)3/h1,6-7,10H,5,8-9H2,2-3H3. The first-order valence-corrected chi connectivity index (χ1v) is 5.99. The highest BCUT2D eigenvalue weighted by Crippen LogP contribution is 2.18. The third-order valence-corrected chi connectivity index (χ3v) is 2.71. The van der Waals surface area contributed by atoms with Crippen molar-refractivity contribution in [1.82, 2.24) is 4.90 Å². The zero-order chi connectivity index (χ0) is 14.4. The molecular formula is C14H16N2O3. The van der Waals surface area contributed by atoms with E-state index in [4.69, 9.17) is 6.42 Å². The van der Waals surface area contributed by atoms with E-state index < -0.39 is 4.92 Å². The summed E-state index contributed by atoms with van der Waals surface area (Å²) in [6.07, 6.45) is 6.05. The van der Waals surface area contributed by atoms with Gasteiger partial charge in [0.15, 0.2) is 0 Å². The lowest BCUT2D eigenvalue weighted by Crippen LogP contribution is -2.32. The number of carbonyl (C=O) groups excluding carboxylic acids is 1. The molecule has 100 valence electrons. The fourth-order valence-electron chi connectivity index (χ4n) is 1.80. The predicted octanol–water partition coefficient (Wildman–Crippen LogP) is 2.39. The number of aryl methyl sites for hydroxylation is 1. The number of non-ortho nitro benzene ring substituents is 1. The predicted molar refractivity (Wildman–Crippen MR) is 72.9 cm³/mol. The van der Waals surface area contributed by atoms with E-state index in [1.807, 2.05) is 6.92 Å². The van der Waals surface area contributed by atoms with Crippen molar-refractivity contribution in [2.24, 2.45) is 0 Å². The van der Waals surface area contributed by atoms with Gasteiger partial charge in [-0.05, 0) is 25.0 Å². The lowest BCUT2D eigenvalue weighted by molar-refractivity contribution is -0.384. The van der Waals surface area contributed by atoms with Crippen molar-refractivity contribution < 1.29 is 9.72 Å². The highest BCUT2D eigenvalue weighted by Gasteiger charge is 2.18. The summed E-state index contributed by atoms with van der Waals surface area (Å²) in [5.41, 5.74) is 1.01. The summed E-state index contributed by atoms with van der Waals surface area (Å²) in [7, 11) is 0. The minimum Gasteiger partial charge on any atom is -0.328 e. The van der Waals surface area contributed by atoms with E-state index in [2.05, 4.69) is 5.92 Å². The Balaban J connectivity index is 3.05. The average Bonchev–Trinajstić information content (AvgIpc) is 2.37. The molecule has 1 aromatic carbocycles. The molecule has 0 aliphatic carbocycles. The molecule has 19 heavy (non-hydrogen) atoms. The van der Waals surface area contributed by atoms with Gasteiger partial charge < -0.3 is 4.90 Å². The Morgan fingerprint density at radius 3 is 2.68 bits per heavy atom. The molecule has 0 N–H and O–H groups in total. The van der Waals surface area contributed by atoms with Crippen LogP contribution in [0.2, 0.25) is 0 Å². The number of terminal acetylenes is 1. The van der Waals surface area contributed by atoms with Crippen molar-refractivity contribution in [1.29, 1.82) is 0 Å². The average molecular weight is 260 g/mol. The fourth-order valence-corrected chi connectivity index (χ4v) is 1.80. The largest absolute Gasteiger partial charge is 0.328 e. The number of rotatable bonds is 5. The first-order chi connectivity index (χ1) is 9.01. The summed E-state index contributed by atoms with van der Waals surface area (Å²) >= 11 is 0. The summed E-state index contributed by atoms with van der Waals surface area (Å²) < 4.78 is 0. The molecule has 1 rings (SSSR count). The minimum atomic E-state index is -0.480. The summed E-state index contributed by atoms with van der Waals surface area (Å²) in [6, 6.07) is 4.21. The van der Waals surface area contributed by atoms with E-state index in [9.17, 15) is 14.9 Å². The van der Waals surface area contributed by atoms with Crippen LogP contribution in [0.4, 0.5) is 5.69 Å². The van der Waals surface area contributed by atoms with Crippen LogP contribution < -0.4 is 0 Å². The first kappa shape index (κ1) is 14.7. The Labute approximate surface area is 112 Å². The van der Waals surface area contributed by atoms with Gasteiger partial charge in [0.25, 0.3) is 11.6 Å². The van der Waals surface area contributed by atoms with Gasteiger partial charge in [0, 0.05) is 24.2 Å². The van der Waals surface area contributed by atoms with Crippen molar-refractivity contribution in [3.05, 3.63) is 39.4 Å². The quantitative estimate of drug-likeness (QED) is 0.464. The third kappa shape index (κ3) is 3.55. The maximum absolute atomic E-state index is 12.3. The van der Waals surface area contributed by atoms with Crippen LogP contribution in [-0.2, 0) is 0 Å². The summed E-state index contributed by atoms with van der Waals surface area (Å²) in [5, 5.41) is 10.7. The smallest absolute Gasteiger partial charge is 0.269 e. The second-order valence-corrected chi connectivity index (χ2v) is 4.19. The van der Waals surface area contributed by atoms with Gasteiger partial charge in [-0.1, -0.05) is 12.8 Å². The molecule has 0 fully saturated rings. The molecule has 0 saturated carbocycles. The third-order valence-electron chi connectivity index (χ3n) is 2.71. The number of carbonyl (C=O) groups is 1. The molecule has 0 bridgehead atoms. The second kappa shape index (κ2) is 6.55. The normalized spacial score (nSPS) is 9.74. The van der Waals surface area contributed by atoms with Crippen molar-refractivity contribution in [2.45, 2.75) is 20.3 Å². The number of hydrogen-bond donors (Lipinski definition) is 0. The van der Waals surface area contributed by atoms with Crippen LogP contribution in [0.15, 0.2) is 18.2 Å². The molecular weight excluding hydrogens is 244 g/mol. The number of benzene rings is 1. The van der Waals surface area contributed by atoms with Gasteiger partial charge in [-0.25, -0.2) is 0 Å². The molecule has 0 aromatic heterocycles. The molecule has 0 saturated heterocycles. The molecule has 0 atom stereocenters. The van der Waals surface area contributed by atoms with Crippen LogP contribution >= 0.6 is 0 Å². The lowest BCUT2D eigenvalue weighted by atomic mass is 10.1. The van der Waals surface area contributed by atoms with Gasteiger partial charge in [-0.2, -0.15) is 0 Å². The zero-order valence-electron chi connectivity index (χ0n) is 11.0. The Hall–Kier alpha value is -2.35. The number of nitrogens with zero attached hydrogens (tertiary/aromatic N) is 2. The van der Waals surface area contributed by atoms with Gasteiger partial charge in [0.1, 0.15) is 0 Å². The maximum Gasteiger partial charge on any atom is 0.269 e. The lowest BCUT2D eigenvalue weighted by Gasteiger charge is -2.20. The van der Waals surface area contributed by atoms with Crippen LogP contribution in [0, 0.1) is 29.4 Å². The summed E-state index contributed by atoms with van der Waals surface area (Å²) in [5.74, 6) is 2.26. The van der Waals surface area contributed by atoms with E-state index in [1.165, 1.54) is 18.2 Å². The van der Waals surface area contributed by atoms with E-state index in [-0.39, 0.29) is 18.1 Å². The zero-order valence-corrected chi connectivity index (χ0v) is 11.0. The van der Waals surface area contributed by atoms with Gasteiger partial charge in [0.2, 0.25) is 0 Å². The van der Waals surface area contributed by atoms with Crippen molar-refractivity contribution in [2.75, 3.05) is 13.1 Å². The molecule has 1 aromatic rings. The van der Waals surface area contributed by atoms with E-state index in [0.717, 1.165) is 6.42 Å². The van der Waals surface area contributed by atoms with Crippen LogP contribution in [0.3, 0.4) is 0 Å². The first-order valence-electron chi connectivity index (χ1n) is 5.99. The Kier molecular flexibility index (Phi) is 5.07. The van der Waals surface area contributed by atoms with Gasteiger partial charge in [-0.3, -0.25) is 14.9 Å². The fraction of sp³-hybridized carbons (Fsp3) is 0.357. The second-order valence-electron chi connectivity index (χ2n) is 4.19. The SMILES string of the molecule is C#CCN(CCC)C(=O)c1ccc([N+](=O)[O-])cc1C. The van der Waals surface area contributed by atoms with Crippen molar-refractivity contribution in [3.8, 4) is 12.3 Å². The highest BCUT2D eigenvalue weighted by atomic mass is 16.6. The molecule has 1 amide bonds. The van der Waals surface area contributed by atoms with Crippen LogP contribution in [-0.4, -0.2) is 28.8 Å². The molecule has 0 aliphatic rings. The van der Waals surface area contributed by atoms with Crippen LogP contribution in [0.25, 0.3) is 0 Å². The molecule has 5 heteroatoms. The topological polar surface area (TPSA) is 63.5 Å². The number of nitro benzene ring substituents is 1. The molecule has 0 heterocycles. The number of nitro groups is 1. The van der Waals surface area contributed by atoms with Crippen LogP contribution in [0.1, 0.15) is 29.3 Å². The Morgan fingerprint density at radius 1 is 1.53 bits per heavy atom. The molecule has 0 unspecified atom stereocenters. The Bertz CT molecular complexity index is 532. The molecule has 0 aliphatic heterocycles. The van der Waals surface area contributed by atoms with E-state index >= 15 is 0 Å². The van der Waals surface area contributed by atoms with Gasteiger partial charge >= 0.3 is 0 Å². The van der Waals surface area contributed by atoms with Crippen LogP contribution in [0.5, 0.6) is 0 Å². The Morgan fingerprint density at radius 2 is 2.21 bits per heavy atom. The maximum atomic E-state index is 12.3. The molecule has 0 radical (unpaired) electrons. The summed E-state index contributed by atoms with van der Waals surface area (Å²) in [4.78, 5) is 24.0. The molecule has 5 nitrogen and oxygen atoms in total. The van der Waals surface area contributed by atoms with E-state index in [0.29, 0.717) is 17.7 Å². The van der Waals surface area contributed by atoms with Crippen molar-refractivity contribution >= 4 is 11.6 Å². The van der Waals surface area contributed by atoms with Gasteiger partial charge in [0.05, 0.1) is 11.5 Å². The number of amides is 1. The summed E-state index contributed by atoms with van der Waals surface area (Å²) in [6.45, 7) is 4.45.